The zero-order valence-corrected chi connectivity index (χ0v) is 10.7. The van der Waals surface area contributed by atoms with Gasteiger partial charge in [0.25, 0.3) is 0 Å². The third-order valence-corrected chi connectivity index (χ3v) is 3.10. The maximum atomic E-state index is 13.5. The summed E-state index contributed by atoms with van der Waals surface area (Å²) in [6.07, 6.45) is 2.24. The highest BCUT2D eigenvalue weighted by molar-refractivity contribution is 5.92. The highest BCUT2D eigenvalue weighted by atomic mass is 19.1. The quantitative estimate of drug-likeness (QED) is 0.686. The molecule has 2 heterocycles. The van der Waals surface area contributed by atoms with E-state index >= 15 is 0 Å². The zero-order valence-electron chi connectivity index (χ0n) is 10.7. The number of aromatic nitrogens is 2. The second-order valence-electron chi connectivity index (χ2n) is 4.30. The monoisotopic (exact) mass is 274 g/mol. The minimum atomic E-state index is -0.413. The first-order valence-electron chi connectivity index (χ1n) is 5.94. The number of aldehydes is 1. The fourth-order valence-electron chi connectivity index (χ4n) is 2.26. The van der Waals surface area contributed by atoms with Gasteiger partial charge in [-0.15, -0.1) is 0 Å². The predicted molar refractivity (Wildman–Crippen MR) is 69.4 cm³/mol. The second-order valence-corrected chi connectivity index (χ2v) is 4.30. The number of methoxy groups -OCH3 is 1. The first-order valence-corrected chi connectivity index (χ1v) is 5.94. The topological polar surface area (TPSA) is 57.3 Å². The summed E-state index contributed by atoms with van der Waals surface area (Å²) < 4.78 is 25.5. The molecule has 0 unspecified atom stereocenters. The second kappa shape index (κ2) is 4.80. The Labute approximate surface area is 113 Å². The average molecular weight is 274 g/mol. The molecule has 0 amide bonds. The maximum Gasteiger partial charge on any atom is 0.166 e. The van der Waals surface area contributed by atoms with Gasteiger partial charge >= 0.3 is 0 Å². The summed E-state index contributed by atoms with van der Waals surface area (Å²) in [6.45, 7) is 0.319. The summed E-state index contributed by atoms with van der Waals surface area (Å²) in [4.78, 5) is 11.2. The highest BCUT2D eigenvalue weighted by Gasteiger charge is 2.15. The minimum Gasteiger partial charge on any atom is -0.494 e. The SMILES string of the molecule is COc1cc(F)cc2cc(C=O)n(Cc3ccno3)c12. The average Bonchev–Trinajstić information content (AvgIpc) is 3.06. The van der Waals surface area contributed by atoms with E-state index < -0.39 is 5.82 Å². The smallest absolute Gasteiger partial charge is 0.166 e. The molecular formula is C14H11FN2O3. The fourth-order valence-corrected chi connectivity index (χ4v) is 2.26. The fraction of sp³-hybridized carbons (Fsp3) is 0.143. The van der Waals surface area contributed by atoms with Crippen molar-refractivity contribution in [2.45, 2.75) is 6.54 Å². The van der Waals surface area contributed by atoms with Crippen LogP contribution in [-0.4, -0.2) is 23.1 Å². The van der Waals surface area contributed by atoms with E-state index in [1.165, 1.54) is 25.4 Å². The first kappa shape index (κ1) is 12.4. The molecule has 0 fully saturated rings. The van der Waals surface area contributed by atoms with Crippen LogP contribution < -0.4 is 4.74 Å². The molecule has 6 heteroatoms. The Bertz CT molecular complexity index is 762. The Morgan fingerprint density at radius 3 is 2.95 bits per heavy atom. The molecule has 2 aromatic heterocycles. The van der Waals surface area contributed by atoms with Crippen LogP contribution in [0, 0.1) is 5.82 Å². The Balaban J connectivity index is 2.24. The lowest BCUT2D eigenvalue weighted by Gasteiger charge is -2.09. The van der Waals surface area contributed by atoms with Crippen molar-refractivity contribution in [2.75, 3.05) is 7.11 Å². The molecule has 5 nitrogen and oxygen atoms in total. The van der Waals surface area contributed by atoms with Gasteiger partial charge < -0.3 is 13.8 Å². The number of hydrogen-bond donors (Lipinski definition) is 0. The normalized spacial score (nSPS) is 10.9. The van der Waals surface area contributed by atoms with Crippen LogP contribution in [0.2, 0.25) is 0 Å². The first-order chi connectivity index (χ1) is 9.72. The zero-order chi connectivity index (χ0) is 14.1. The molecule has 3 rings (SSSR count). The van der Waals surface area contributed by atoms with Gasteiger partial charge in [0.05, 0.1) is 31.1 Å². The van der Waals surface area contributed by atoms with Gasteiger partial charge in [-0.3, -0.25) is 4.79 Å². The summed E-state index contributed by atoms with van der Waals surface area (Å²) in [5.41, 5.74) is 1.06. The molecule has 0 radical (unpaired) electrons. The number of halogens is 1. The molecule has 0 aliphatic carbocycles. The van der Waals surface area contributed by atoms with E-state index in [0.29, 0.717) is 40.9 Å². The van der Waals surface area contributed by atoms with Crippen molar-refractivity contribution in [3.63, 3.8) is 0 Å². The van der Waals surface area contributed by atoms with Crippen molar-refractivity contribution in [1.29, 1.82) is 0 Å². The van der Waals surface area contributed by atoms with Gasteiger partial charge in [-0.05, 0) is 12.1 Å². The van der Waals surface area contributed by atoms with E-state index in [1.54, 1.807) is 16.7 Å². The van der Waals surface area contributed by atoms with Gasteiger partial charge in [0.1, 0.15) is 11.6 Å². The van der Waals surface area contributed by atoms with Gasteiger partial charge in [0.15, 0.2) is 12.0 Å². The Morgan fingerprint density at radius 1 is 1.45 bits per heavy atom. The molecule has 20 heavy (non-hydrogen) atoms. The Hall–Kier alpha value is -2.63. The van der Waals surface area contributed by atoms with Crippen molar-refractivity contribution >= 4 is 17.2 Å². The number of rotatable bonds is 4. The van der Waals surface area contributed by atoms with E-state index in [0.717, 1.165) is 0 Å². The lowest BCUT2D eigenvalue weighted by Crippen LogP contribution is -2.04. The molecular weight excluding hydrogens is 263 g/mol. The highest BCUT2D eigenvalue weighted by Crippen LogP contribution is 2.30. The molecule has 0 bridgehead atoms. The van der Waals surface area contributed by atoms with Gasteiger partial charge in [0.2, 0.25) is 0 Å². The van der Waals surface area contributed by atoms with Crippen molar-refractivity contribution in [3.05, 3.63) is 47.7 Å². The van der Waals surface area contributed by atoms with Crippen LogP contribution in [0.15, 0.2) is 35.0 Å². The maximum absolute atomic E-state index is 13.5. The molecule has 3 aromatic rings. The molecule has 1 aromatic carbocycles. The lowest BCUT2D eigenvalue weighted by molar-refractivity contribution is 0.111. The third kappa shape index (κ3) is 1.95. The Morgan fingerprint density at radius 2 is 2.30 bits per heavy atom. The van der Waals surface area contributed by atoms with Gasteiger partial charge in [-0.1, -0.05) is 5.16 Å². The molecule has 102 valence electrons. The van der Waals surface area contributed by atoms with E-state index in [4.69, 9.17) is 9.26 Å². The number of ether oxygens (including phenoxy) is 1. The van der Waals surface area contributed by atoms with E-state index in [2.05, 4.69) is 5.16 Å². The van der Waals surface area contributed by atoms with Gasteiger partial charge in [0, 0.05) is 17.5 Å². The summed E-state index contributed by atoms with van der Waals surface area (Å²) in [6, 6.07) is 5.97. The lowest BCUT2D eigenvalue weighted by atomic mass is 10.2. The van der Waals surface area contributed by atoms with Gasteiger partial charge in [-0.25, -0.2) is 4.39 Å². The molecule has 0 aliphatic rings. The number of nitrogens with zero attached hydrogens (tertiary/aromatic N) is 2. The molecule has 0 N–H and O–H groups in total. The van der Waals surface area contributed by atoms with Crippen LogP contribution in [0.3, 0.4) is 0 Å². The van der Waals surface area contributed by atoms with E-state index in [-0.39, 0.29) is 0 Å². The Kier molecular flexibility index (Phi) is 2.98. The summed E-state index contributed by atoms with van der Waals surface area (Å²) in [5.74, 6) is 0.549. The van der Waals surface area contributed by atoms with Crippen molar-refractivity contribution in [1.82, 2.24) is 9.72 Å². The molecule has 0 aliphatic heterocycles. The van der Waals surface area contributed by atoms with Crippen LogP contribution in [0.5, 0.6) is 5.75 Å². The predicted octanol–water partition coefficient (Wildman–Crippen LogP) is 2.64. The number of hydrogen-bond acceptors (Lipinski definition) is 4. The number of benzene rings is 1. The van der Waals surface area contributed by atoms with Crippen LogP contribution in [0.4, 0.5) is 4.39 Å². The molecule has 0 saturated heterocycles. The minimum absolute atomic E-state index is 0.319. The number of carbonyl (C=O) groups excluding carboxylic acids is 1. The summed E-state index contributed by atoms with van der Waals surface area (Å²) >= 11 is 0. The molecule has 0 saturated carbocycles. The van der Waals surface area contributed by atoms with Crippen molar-refractivity contribution in [3.8, 4) is 5.75 Å². The van der Waals surface area contributed by atoms with Crippen LogP contribution in [0.1, 0.15) is 16.2 Å². The molecule has 0 spiro atoms. The van der Waals surface area contributed by atoms with Gasteiger partial charge in [-0.2, -0.15) is 0 Å². The van der Waals surface area contributed by atoms with Crippen molar-refractivity contribution in [2.24, 2.45) is 0 Å². The van der Waals surface area contributed by atoms with Crippen molar-refractivity contribution < 1.29 is 18.4 Å². The van der Waals surface area contributed by atoms with Crippen LogP contribution in [0.25, 0.3) is 10.9 Å². The number of carbonyl (C=O) groups is 1. The van der Waals surface area contributed by atoms with Crippen LogP contribution >= 0.6 is 0 Å². The van der Waals surface area contributed by atoms with E-state index in [1.807, 2.05) is 0 Å². The van der Waals surface area contributed by atoms with E-state index in [9.17, 15) is 9.18 Å². The summed E-state index contributed by atoms with van der Waals surface area (Å²) in [5, 5.41) is 4.23. The largest absolute Gasteiger partial charge is 0.494 e. The molecule has 0 atom stereocenters. The van der Waals surface area contributed by atoms with Crippen LogP contribution in [-0.2, 0) is 6.54 Å². The standard InChI is InChI=1S/C14H11FN2O3/c1-19-13-6-10(15)4-9-5-11(8-18)17(14(9)13)7-12-2-3-16-20-12/h2-6,8H,7H2,1H3. The third-order valence-electron chi connectivity index (χ3n) is 3.10. The summed E-state index contributed by atoms with van der Waals surface area (Å²) in [7, 11) is 1.46. The number of fused-ring (bicyclic) bond motifs is 1.